The lowest BCUT2D eigenvalue weighted by molar-refractivity contribution is -0.133. The van der Waals surface area contributed by atoms with Gasteiger partial charge in [0.2, 0.25) is 15.9 Å². The molecule has 0 atom stereocenters. The third-order valence-electron chi connectivity index (χ3n) is 4.39. The summed E-state index contributed by atoms with van der Waals surface area (Å²) in [4.78, 5) is 14.2. The summed E-state index contributed by atoms with van der Waals surface area (Å²) in [5.41, 5.74) is 1.03. The second kappa shape index (κ2) is 6.01. The molecule has 1 N–H and O–H groups in total. The zero-order valence-electron chi connectivity index (χ0n) is 12.8. The van der Waals surface area contributed by atoms with Crippen molar-refractivity contribution in [1.29, 1.82) is 0 Å². The van der Waals surface area contributed by atoms with E-state index in [2.05, 4.69) is 4.72 Å². The summed E-state index contributed by atoms with van der Waals surface area (Å²) < 4.78 is 27.5. The molecule has 0 bridgehead atoms. The number of hydrogen-bond acceptors (Lipinski definition) is 3. The fourth-order valence-electron chi connectivity index (χ4n) is 2.81. The lowest BCUT2D eigenvalue weighted by Crippen LogP contribution is -2.46. The SMILES string of the molecule is Cc1ccc(S(=O)(=O)NC2CCN(C(=O)C3CC3)CC2)cc1. The van der Waals surface area contributed by atoms with Crippen molar-refractivity contribution in [2.45, 2.75) is 43.5 Å². The number of hydrogen-bond donors (Lipinski definition) is 1. The number of likely N-dealkylation sites (tertiary alicyclic amines) is 1. The molecule has 0 spiro atoms. The minimum atomic E-state index is -3.47. The molecule has 0 aromatic heterocycles. The molecule has 1 aliphatic heterocycles. The number of sulfonamides is 1. The Morgan fingerprint density at radius 1 is 1.09 bits per heavy atom. The van der Waals surface area contributed by atoms with Crippen molar-refractivity contribution in [3.63, 3.8) is 0 Å². The van der Waals surface area contributed by atoms with Crippen molar-refractivity contribution in [2.24, 2.45) is 5.92 Å². The van der Waals surface area contributed by atoms with Crippen LogP contribution in [0.5, 0.6) is 0 Å². The minimum Gasteiger partial charge on any atom is -0.342 e. The van der Waals surface area contributed by atoms with E-state index in [0.717, 1.165) is 18.4 Å². The van der Waals surface area contributed by atoms with Gasteiger partial charge in [0, 0.05) is 25.0 Å². The Kier molecular flexibility index (Phi) is 4.23. The smallest absolute Gasteiger partial charge is 0.240 e. The highest BCUT2D eigenvalue weighted by molar-refractivity contribution is 7.89. The molecule has 2 fully saturated rings. The van der Waals surface area contributed by atoms with E-state index in [0.29, 0.717) is 30.8 Å². The van der Waals surface area contributed by atoms with E-state index >= 15 is 0 Å². The van der Waals surface area contributed by atoms with Crippen LogP contribution in [-0.2, 0) is 14.8 Å². The Bertz CT molecular complexity index is 642. The van der Waals surface area contributed by atoms with Crippen molar-refractivity contribution >= 4 is 15.9 Å². The Balaban J connectivity index is 1.57. The predicted molar refractivity (Wildman–Crippen MR) is 83.8 cm³/mol. The third kappa shape index (κ3) is 3.50. The molecule has 1 aliphatic carbocycles. The van der Waals surface area contributed by atoms with Gasteiger partial charge in [-0.25, -0.2) is 13.1 Å². The van der Waals surface area contributed by atoms with Gasteiger partial charge in [0.1, 0.15) is 0 Å². The molecule has 6 heteroatoms. The van der Waals surface area contributed by atoms with Gasteiger partial charge in [0.05, 0.1) is 4.90 Å². The number of carbonyl (C=O) groups is 1. The van der Waals surface area contributed by atoms with Crippen LogP contribution in [0, 0.1) is 12.8 Å². The topological polar surface area (TPSA) is 66.5 Å². The fraction of sp³-hybridized carbons (Fsp3) is 0.562. The number of benzene rings is 1. The maximum absolute atomic E-state index is 12.4. The van der Waals surface area contributed by atoms with Crippen LogP contribution in [0.15, 0.2) is 29.2 Å². The van der Waals surface area contributed by atoms with Crippen LogP contribution in [0.25, 0.3) is 0 Å². The van der Waals surface area contributed by atoms with E-state index < -0.39 is 10.0 Å². The lowest BCUT2D eigenvalue weighted by Gasteiger charge is -2.32. The van der Waals surface area contributed by atoms with Crippen LogP contribution in [0.3, 0.4) is 0 Å². The van der Waals surface area contributed by atoms with Crippen molar-refractivity contribution in [3.8, 4) is 0 Å². The van der Waals surface area contributed by atoms with Crippen LogP contribution in [0.2, 0.25) is 0 Å². The molecule has 1 aromatic carbocycles. The number of amides is 1. The number of piperidine rings is 1. The Morgan fingerprint density at radius 2 is 1.68 bits per heavy atom. The second-order valence-electron chi connectivity index (χ2n) is 6.31. The van der Waals surface area contributed by atoms with Crippen LogP contribution in [0.4, 0.5) is 0 Å². The Morgan fingerprint density at radius 3 is 2.23 bits per heavy atom. The molecule has 0 radical (unpaired) electrons. The van der Waals surface area contributed by atoms with Crippen molar-refractivity contribution in [3.05, 3.63) is 29.8 Å². The van der Waals surface area contributed by atoms with Crippen molar-refractivity contribution in [2.75, 3.05) is 13.1 Å². The molecule has 0 unspecified atom stereocenters. The lowest BCUT2D eigenvalue weighted by atomic mass is 10.1. The quantitative estimate of drug-likeness (QED) is 0.917. The molecule has 1 saturated carbocycles. The molecule has 120 valence electrons. The summed E-state index contributed by atoms with van der Waals surface area (Å²) in [5, 5.41) is 0. The highest BCUT2D eigenvalue weighted by Gasteiger charge is 2.35. The maximum Gasteiger partial charge on any atom is 0.240 e. The zero-order valence-corrected chi connectivity index (χ0v) is 13.6. The van der Waals surface area contributed by atoms with Crippen molar-refractivity contribution in [1.82, 2.24) is 9.62 Å². The van der Waals surface area contributed by atoms with Crippen molar-refractivity contribution < 1.29 is 13.2 Å². The zero-order chi connectivity index (χ0) is 15.7. The van der Waals surface area contributed by atoms with Gasteiger partial charge in [-0.05, 0) is 44.7 Å². The van der Waals surface area contributed by atoms with Gasteiger partial charge in [-0.3, -0.25) is 4.79 Å². The predicted octanol–water partition coefficient (Wildman–Crippen LogP) is 1.67. The molecule has 1 saturated heterocycles. The van der Waals surface area contributed by atoms with E-state index in [1.54, 1.807) is 24.3 Å². The number of aryl methyl sites for hydroxylation is 1. The second-order valence-corrected chi connectivity index (χ2v) is 8.02. The van der Waals surface area contributed by atoms with Gasteiger partial charge < -0.3 is 4.90 Å². The Hall–Kier alpha value is -1.40. The summed E-state index contributed by atoms with van der Waals surface area (Å²) in [6.45, 7) is 3.23. The van der Waals surface area contributed by atoms with E-state index in [9.17, 15) is 13.2 Å². The average Bonchev–Trinajstić information content (AvgIpc) is 3.32. The van der Waals surface area contributed by atoms with Gasteiger partial charge >= 0.3 is 0 Å². The number of rotatable bonds is 4. The molecular weight excluding hydrogens is 300 g/mol. The largest absolute Gasteiger partial charge is 0.342 e. The maximum atomic E-state index is 12.4. The van der Waals surface area contributed by atoms with Gasteiger partial charge in [-0.15, -0.1) is 0 Å². The minimum absolute atomic E-state index is 0.0884. The summed E-state index contributed by atoms with van der Waals surface area (Å²) in [7, 11) is -3.47. The summed E-state index contributed by atoms with van der Waals surface area (Å²) >= 11 is 0. The third-order valence-corrected chi connectivity index (χ3v) is 5.92. The van der Waals surface area contributed by atoms with E-state index in [1.165, 1.54) is 0 Å². The molecule has 3 rings (SSSR count). The van der Waals surface area contributed by atoms with E-state index in [4.69, 9.17) is 0 Å². The van der Waals surface area contributed by atoms with Crippen LogP contribution in [-0.4, -0.2) is 38.4 Å². The first-order chi connectivity index (χ1) is 10.5. The van der Waals surface area contributed by atoms with E-state index in [1.807, 2.05) is 11.8 Å². The molecule has 1 aromatic rings. The Labute approximate surface area is 131 Å². The highest BCUT2D eigenvalue weighted by atomic mass is 32.2. The molecule has 1 amide bonds. The molecule has 2 aliphatic rings. The summed E-state index contributed by atoms with van der Waals surface area (Å²) in [6.07, 6.45) is 3.39. The van der Waals surface area contributed by atoms with Gasteiger partial charge in [0.25, 0.3) is 0 Å². The monoisotopic (exact) mass is 322 g/mol. The first-order valence-corrected chi connectivity index (χ1v) is 9.32. The van der Waals surface area contributed by atoms with Gasteiger partial charge in [-0.1, -0.05) is 17.7 Å². The number of nitrogens with one attached hydrogen (secondary N) is 1. The molecule has 22 heavy (non-hydrogen) atoms. The molecule has 1 heterocycles. The first-order valence-electron chi connectivity index (χ1n) is 7.83. The van der Waals surface area contributed by atoms with Crippen LogP contribution < -0.4 is 4.72 Å². The van der Waals surface area contributed by atoms with Crippen LogP contribution in [0.1, 0.15) is 31.2 Å². The van der Waals surface area contributed by atoms with Crippen LogP contribution >= 0.6 is 0 Å². The summed E-state index contributed by atoms with van der Waals surface area (Å²) in [6, 6.07) is 6.76. The first kappa shape index (κ1) is 15.5. The number of nitrogens with zero attached hydrogens (tertiary/aromatic N) is 1. The number of carbonyl (C=O) groups excluding carboxylic acids is 1. The fourth-order valence-corrected chi connectivity index (χ4v) is 4.12. The molecule has 5 nitrogen and oxygen atoms in total. The highest BCUT2D eigenvalue weighted by Crippen LogP contribution is 2.32. The van der Waals surface area contributed by atoms with Gasteiger partial charge in [-0.2, -0.15) is 0 Å². The average molecular weight is 322 g/mol. The summed E-state index contributed by atoms with van der Waals surface area (Å²) in [5.74, 6) is 0.487. The standard InChI is InChI=1S/C16H22N2O3S/c1-12-2-6-15(7-3-12)22(20,21)17-14-8-10-18(11-9-14)16(19)13-4-5-13/h2-3,6-7,13-14,17H,4-5,8-11H2,1H3. The normalized spacial score (nSPS) is 20.1. The molecular formula is C16H22N2O3S. The van der Waals surface area contributed by atoms with E-state index in [-0.39, 0.29) is 17.9 Å². The van der Waals surface area contributed by atoms with Gasteiger partial charge in [0.15, 0.2) is 0 Å².